The molecule has 1 aromatic heterocycles. The van der Waals surface area contributed by atoms with E-state index in [2.05, 4.69) is 33.4 Å². The summed E-state index contributed by atoms with van der Waals surface area (Å²) in [5.41, 5.74) is 1.07. The van der Waals surface area contributed by atoms with Crippen LogP contribution >= 0.6 is 27.3 Å². The second-order valence-corrected chi connectivity index (χ2v) is 6.14. The Morgan fingerprint density at radius 2 is 2.12 bits per heavy atom. The van der Waals surface area contributed by atoms with Crippen LogP contribution in [0.5, 0.6) is 5.75 Å². The maximum Gasteiger partial charge on any atom is 0.142 e. The molecule has 3 rings (SSSR count). The Hall–Kier alpha value is -1.00. The van der Waals surface area contributed by atoms with Crippen LogP contribution in [0.4, 0.5) is 5.69 Å². The molecule has 2 heterocycles. The SMILES string of the molecule is Brc1ccc(C2COc3ccccc3N2)s1. The summed E-state index contributed by atoms with van der Waals surface area (Å²) < 4.78 is 6.88. The van der Waals surface area contributed by atoms with Crippen LogP contribution in [0.15, 0.2) is 40.2 Å². The highest BCUT2D eigenvalue weighted by Gasteiger charge is 2.20. The zero-order valence-corrected chi connectivity index (χ0v) is 10.8. The van der Waals surface area contributed by atoms with Crippen LogP contribution in [-0.4, -0.2) is 6.61 Å². The average molecular weight is 296 g/mol. The predicted octanol–water partition coefficient (Wildman–Crippen LogP) is 4.06. The Bertz CT molecular complexity index is 511. The molecule has 1 unspecified atom stereocenters. The molecule has 0 aliphatic carbocycles. The molecule has 1 aliphatic rings. The van der Waals surface area contributed by atoms with Crippen LogP contribution in [0.1, 0.15) is 10.9 Å². The van der Waals surface area contributed by atoms with Crippen molar-refractivity contribution in [3.63, 3.8) is 0 Å². The van der Waals surface area contributed by atoms with Gasteiger partial charge in [-0.05, 0) is 40.2 Å². The van der Waals surface area contributed by atoms with Crippen molar-refractivity contribution in [2.45, 2.75) is 6.04 Å². The zero-order chi connectivity index (χ0) is 11.0. The van der Waals surface area contributed by atoms with Gasteiger partial charge in [-0.2, -0.15) is 0 Å². The van der Waals surface area contributed by atoms with Gasteiger partial charge in [0.2, 0.25) is 0 Å². The van der Waals surface area contributed by atoms with Crippen molar-refractivity contribution in [3.05, 3.63) is 45.1 Å². The number of rotatable bonds is 1. The minimum atomic E-state index is 0.256. The number of nitrogens with one attached hydrogen (secondary N) is 1. The van der Waals surface area contributed by atoms with Gasteiger partial charge in [-0.1, -0.05) is 12.1 Å². The summed E-state index contributed by atoms with van der Waals surface area (Å²) in [5.74, 6) is 0.939. The lowest BCUT2D eigenvalue weighted by Gasteiger charge is -2.26. The summed E-state index contributed by atoms with van der Waals surface area (Å²) in [5, 5.41) is 3.49. The van der Waals surface area contributed by atoms with Crippen LogP contribution in [-0.2, 0) is 0 Å². The summed E-state index contributed by atoms with van der Waals surface area (Å²) in [7, 11) is 0. The van der Waals surface area contributed by atoms with Gasteiger partial charge in [0.15, 0.2) is 0 Å². The lowest BCUT2D eigenvalue weighted by atomic mass is 10.2. The second-order valence-electron chi connectivity index (χ2n) is 3.65. The number of hydrogen-bond acceptors (Lipinski definition) is 3. The van der Waals surface area contributed by atoms with Crippen molar-refractivity contribution in [1.29, 1.82) is 0 Å². The molecule has 2 aromatic rings. The van der Waals surface area contributed by atoms with E-state index in [-0.39, 0.29) is 6.04 Å². The Morgan fingerprint density at radius 1 is 1.25 bits per heavy atom. The molecule has 0 fully saturated rings. The summed E-state index contributed by atoms with van der Waals surface area (Å²) >= 11 is 5.22. The molecule has 4 heteroatoms. The smallest absolute Gasteiger partial charge is 0.142 e. The molecule has 16 heavy (non-hydrogen) atoms. The normalized spacial score (nSPS) is 18.4. The van der Waals surface area contributed by atoms with Gasteiger partial charge in [-0.15, -0.1) is 11.3 Å². The van der Waals surface area contributed by atoms with Crippen LogP contribution in [0.3, 0.4) is 0 Å². The van der Waals surface area contributed by atoms with E-state index < -0.39 is 0 Å². The first-order valence-corrected chi connectivity index (χ1v) is 6.67. The van der Waals surface area contributed by atoms with Crippen molar-refractivity contribution >= 4 is 33.0 Å². The molecular weight excluding hydrogens is 286 g/mol. The molecule has 82 valence electrons. The third-order valence-electron chi connectivity index (χ3n) is 2.56. The summed E-state index contributed by atoms with van der Waals surface area (Å²) in [6.07, 6.45) is 0. The van der Waals surface area contributed by atoms with E-state index in [9.17, 15) is 0 Å². The van der Waals surface area contributed by atoms with E-state index in [0.717, 1.165) is 15.2 Å². The van der Waals surface area contributed by atoms with Gasteiger partial charge in [0.25, 0.3) is 0 Å². The third kappa shape index (κ3) is 1.83. The average Bonchev–Trinajstić information content (AvgIpc) is 2.75. The highest BCUT2D eigenvalue weighted by atomic mass is 79.9. The van der Waals surface area contributed by atoms with Gasteiger partial charge in [-0.3, -0.25) is 0 Å². The third-order valence-corrected chi connectivity index (χ3v) is 4.30. The van der Waals surface area contributed by atoms with Gasteiger partial charge in [-0.25, -0.2) is 0 Å². The van der Waals surface area contributed by atoms with E-state index >= 15 is 0 Å². The number of hydrogen-bond donors (Lipinski definition) is 1. The molecule has 1 N–H and O–H groups in total. The zero-order valence-electron chi connectivity index (χ0n) is 8.44. The first kappa shape index (κ1) is 10.2. The molecular formula is C12H10BrNOS. The van der Waals surface area contributed by atoms with Crippen LogP contribution < -0.4 is 10.1 Å². The Balaban J connectivity index is 1.88. The molecule has 0 amide bonds. The fourth-order valence-electron chi connectivity index (χ4n) is 1.78. The van der Waals surface area contributed by atoms with Gasteiger partial charge in [0.1, 0.15) is 12.4 Å². The van der Waals surface area contributed by atoms with Gasteiger partial charge in [0, 0.05) is 4.88 Å². The Labute approximate surface area is 106 Å². The fraction of sp³-hybridized carbons (Fsp3) is 0.167. The molecule has 0 bridgehead atoms. The highest BCUT2D eigenvalue weighted by Crippen LogP contribution is 2.36. The predicted molar refractivity (Wildman–Crippen MR) is 70.3 cm³/mol. The quantitative estimate of drug-likeness (QED) is 0.857. The monoisotopic (exact) mass is 295 g/mol. The van der Waals surface area contributed by atoms with Crippen molar-refractivity contribution < 1.29 is 4.74 Å². The van der Waals surface area contributed by atoms with Crippen molar-refractivity contribution in [1.82, 2.24) is 0 Å². The summed E-state index contributed by atoms with van der Waals surface area (Å²) in [6.45, 7) is 0.684. The van der Waals surface area contributed by atoms with Crippen LogP contribution in [0, 0.1) is 0 Å². The van der Waals surface area contributed by atoms with Crippen LogP contribution in [0.25, 0.3) is 0 Å². The second kappa shape index (κ2) is 4.11. The maximum atomic E-state index is 5.73. The van der Waals surface area contributed by atoms with Crippen LogP contribution in [0.2, 0.25) is 0 Å². The largest absolute Gasteiger partial charge is 0.489 e. The van der Waals surface area contributed by atoms with Gasteiger partial charge in [0.05, 0.1) is 15.5 Å². The molecule has 1 aromatic carbocycles. The molecule has 0 radical (unpaired) electrons. The molecule has 0 spiro atoms. The number of fused-ring (bicyclic) bond motifs is 1. The van der Waals surface area contributed by atoms with Gasteiger partial charge < -0.3 is 10.1 Å². The lowest BCUT2D eigenvalue weighted by molar-refractivity contribution is 0.288. The standard InChI is InChI=1S/C12H10BrNOS/c13-12-6-5-11(16-12)9-7-15-10-4-2-1-3-8(10)14-9/h1-6,9,14H,7H2. The van der Waals surface area contributed by atoms with E-state index in [0.29, 0.717) is 6.61 Å². The minimum absolute atomic E-state index is 0.256. The van der Waals surface area contributed by atoms with Crippen molar-refractivity contribution in [2.24, 2.45) is 0 Å². The number of thiophene rings is 1. The molecule has 1 aliphatic heterocycles. The summed E-state index contributed by atoms with van der Waals surface area (Å²) in [4.78, 5) is 1.29. The lowest BCUT2D eigenvalue weighted by Crippen LogP contribution is -2.22. The highest BCUT2D eigenvalue weighted by molar-refractivity contribution is 9.11. The Kier molecular flexibility index (Phi) is 2.61. The molecule has 0 saturated heterocycles. The first-order chi connectivity index (χ1) is 7.83. The first-order valence-electron chi connectivity index (χ1n) is 5.06. The van der Waals surface area contributed by atoms with Gasteiger partial charge >= 0.3 is 0 Å². The number of para-hydroxylation sites is 2. The minimum Gasteiger partial charge on any atom is -0.489 e. The van der Waals surface area contributed by atoms with E-state index in [4.69, 9.17) is 4.74 Å². The number of anilines is 1. The molecule has 2 nitrogen and oxygen atoms in total. The maximum absolute atomic E-state index is 5.73. The molecule has 1 atom stereocenters. The van der Waals surface area contributed by atoms with E-state index in [1.165, 1.54) is 4.88 Å². The van der Waals surface area contributed by atoms with E-state index in [1.54, 1.807) is 11.3 Å². The fourth-order valence-corrected chi connectivity index (χ4v) is 3.24. The van der Waals surface area contributed by atoms with Crippen molar-refractivity contribution in [2.75, 3.05) is 11.9 Å². The van der Waals surface area contributed by atoms with E-state index in [1.807, 2.05) is 24.3 Å². The number of halogens is 1. The number of benzene rings is 1. The molecule has 0 saturated carbocycles. The topological polar surface area (TPSA) is 21.3 Å². The number of ether oxygens (including phenoxy) is 1. The van der Waals surface area contributed by atoms with Crippen molar-refractivity contribution in [3.8, 4) is 5.75 Å². The Morgan fingerprint density at radius 3 is 2.94 bits per heavy atom. The summed E-state index contributed by atoms with van der Waals surface area (Å²) in [6, 6.07) is 12.5.